The number of nitrogens with zero attached hydrogens (tertiary/aromatic N) is 1. The highest BCUT2D eigenvalue weighted by Crippen LogP contribution is 2.32. The number of nitrogens with two attached hydrogens (primary N) is 1. The minimum atomic E-state index is -0.758. The number of hydrogen-bond donors (Lipinski definition) is 1. The summed E-state index contributed by atoms with van der Waals surface area (Å²) in [6.45, 7) is 1.15. The average molecular weight is 254 g/mol. The van der Waals surface area contributed by atoms with E-state index in [9.17, 15) is 4.79 Å². The van der Waals surface area contributed by atoms with Gasteiger partial charge < -0.3 is 15.4 Å². The molecule has 4 heteroatoms. The van der Waals surface area contributed by atoms with Crippen molar-refractivity contribution in [3.8, 4) is 0 Å². The Balaban J connectivity index is 1.90. The van der Waals surface area contributed by atoms with E-state index in [0.717, 1.165) is 38.1 Å². The molecule has 2 atom stereocenters. The molecule has 0 spiro atoms. The molecule has 2 aliphatic rings. The molecule has 0 aromatic rings. The molecule has 0 radical (unpaired) electrons. The Bertz CT molecular complexity index is 304. The second-order valence-electron chi connectivity index (χ2n) is 6.13. The summed E-state index contributed by atoms with van der Waals surface area (Å²) in [7, 11) is 3.60. The standard InChI is InChI=1S/C14H26N2O2/c1-16(10-11-5-3-6-11)12-7-4-8-14(15,9-12)13(17)18-2/h11-12H,3-10,15H2,1-2H3. The van der Waals surface area contributed by atoms with Crippen molar-refractivity contribution >= 4 is 5.97 Å². The van der Waals surface area contributed by atoms with Crippen LogP contribution in [0.3, 0.4) is 0 Å². The zero-order chi connectivity index (χ0) is 13.2. The van der Waals surface area contributed by atoms with Gasteiger partial charge in [-0.05, 0) is 51.5 Å². The molecule has 2 fully saturated rings. The van der Waals surface area contributed by atoms with Gasteiger partial charge in [-0.15, -0.1) is 0 Å². The fraction of sp³-hybridized carbons (Fsp3) is 0.929. The van der Waals surface area contributed by atoms with E-state index in [0.29, 0.717) is 6.04 Å². The smallest absolute Gasteiger partial charge is 0.325 e. The Labute approximate surface area is 110 Å². The van der Waals surface area contributed by atoms with Crippen molar-refractivity contribution < 1.29 is 9.53 Å². The van der Waals surface area contributed by atoms with Gasteiger partial charge in [0.2, 0.25) is 0 Å². The van der Waals surface area contributed by atoms with Crippen LogP contribution in [0.2, 0.25) is 0 Å². The van der Waals surface area contributed by atoms with Crippen LogP contribution in [0.1, 0.15) is 44.9 Å². The van der Waals surface area contributed by atoms with E-state index in [2.05, 4.69) is 11.9 Å². The first-order valence-electron chi connectivity index (χ1n) is 7.13. The third-order valence-electron chi connectivity index (χ3n) is 4.75. The van der Waals surface area contributed by atoms with Crippen LogP contribution in [0.5, 0.6) is 0 Å². The van der Waals surface area contributed by atoms with Gasteiger partial charge >= 0.3 is 5.97 Å². The van der Waals surface area contributed by atoms with Crippen molar-refractivity contribution in [2.24, 2.45) is 11.7 Å². The fourth-order valence-electron chi connectivity index (χ4n) is 3.27. The lowest BCUT2D eigenvalue weighted by Crippen LogP contribution is -2.56. The Kier molecular flexibility index (Phi) is 4.28. The third-order valence-corrected chi connectivity index (χ3v) is 4.75. The van der Waals surface area contributed by atoms with Gasteiger partial charge in [0.15, 0.2) is 0 Å². The predicted octanol–water partition coefficient (Wildman–Crippen LogP) is 1.53. The van der Waals surface area contributed by atoms with Gasteiger partial charge in [0, 0.05) is 12.6 Å². The largest absolute Gasteiger partial charge is 0.468 e. The van der Waals surface area contributed by atoms with Crippen LogP contribution in [0.25, 0.3) is 0 Å². The molecule has 0 bridgehead atoms. The molecule has 104 valence electrons. The molecular formula is C14H26N2O2. The van der Waals surface area contributed by atoms with E-state index in [4.69, 9.17) is 10.5 Å². The first-order valence-corrected chi connectivity index (χ1v) is 7.13. The number of carbonyl (C=O) groups is 1. The average Bonchev–Trinajstić information content (AvgIpc) is 2.32. The number of rotatable bonds is 4. The molecule has 0 aromatic heterocycles. The highest BCUT2D eigenvalue weighted by molar-refractivity contribution is 5.80. The molecule has 2 unspecified atom stereocenters. The summed E-state index contributed by atoms with van der Waals surface area (Å²) in [6, 6.07) is 0.434. The number of esters is 1. The van der Waals surface area contributed by atoms with Gasteiger partial charge in [0.05, 0.1) is 7.11 Å². The van der Waals surface area contributed by atoms with Crippen LogP contribution in [0.15, 0.2) is 0 Å². The van der Waals surface area contributed by atoms with E-state index >= 15 is 0 Å². The Morgan fingerprint density at radius 1 is 1.39 bits per heavy atom. The molecule has 0 aliphatic heterocycles. The highest BCUT2D eigenvalue weighted by atomic mass is 16.5. The second-order valence-corrected chi connectivity index (χ2v) is 6.13. The molecule has 2 N–H and O–H groups in total. The lowest BCUT2D eigenvalue weighted by Gasteiger charge is -2.41. The first-order chi connectivity index (χ1) is 8.55. The summed E-state index contributed by atoms with van der Waals surface area (Å²) < 4.78 is 4.85. The topological polar surface area (TPSA) is 55.6 Å². The van der Waals surface area contributed by atoms with Crippen molar-refractivity contribution in [1.82, 2.24) is 4.90 Å². The molecule has 18 heavy (non-hydrogen) atoms. The quantitative estimate of drug-likeness (QED) is 0.773. The molecule has 0 amide bonds. The Hall–Kier alpha value is -0.610. The number of methoxy groups -OCH3 is 1. The van der Waals surface area contributed by atoms with Crippen LogP contribution < -0.4 is 5.73 Å². The van der Waals surface area contributed by atoms with Gasteiger partial charge in [-0.1, -0.05) is 6.42 Å². The normalized spacial score (nSPS) is 33.2. The highest BCUT2D eigenvalue weighted by Gasteiger charge is 2.41. The summed E-state index contributed by atoms with van der Waals surface area (Å²) in [4.78, 5) is 14.2. The summed E-state index contributed by atoms with van der Waals surface area (Å²) in [5.74, 6) is 0.617. The minimum Gasteiger partial charge on any atom is -0.468 e. The minimum absolute atomic E-state index is 0.246. The summed E-state index contributed by atoms with van der Waals surface area (Å²) in [6.07, 6.45) is 7.77. The first kappa shape index (κ1) is 13.8. The van der Waals surface area contributed by atoms with E-state index in [1.807, 2.05) is 0 Å². The molecule has 2 rings (SSSR count). The summed E-state index contributed by atoms with van der Waals surface area (Å²) in [5, 5.41) is 0. The zero-order valence-electron chi connectivity index (χ0n) is 11.7. The number of ether oxygens (including phenoxy) is 1. The number of hydrogen-bond acceptors (Lipinski definition) is 4. The second kappa shape index (κ2) is 5.57. The third kappa shape index (κ3) is 2.86. The van der Waals surface area contributed by atoms with Crippen molar-refractivity contribution in [2.45, 2.75) is 56.5 Å². The van der Waals surface area contributed by atoms with Crippen LogP contribution >= 0.6 is 0 Å². The molecule has 4 nitrogen and oxygen atoms in total. The molecule has 0 aromatic carbocycles. The molecule has 0 heterocycles. The fourth-order valence-corrected chi connectivity index (χ4v) is 3.27. The van der Waals surface area contributed by atoms with E-state index in [-0.39, 0.29) is 5.97 Å². The van der Waals surface area contributed by atoms with Gasteiger partial charge in [-0.3, -0.25) is 4.79 Å². The molecule has 2 saturated carbocycles. The Morgan fingerprint density at radius 3 is 2.67 bits per heavy atom. The van der Waals surface area contributed by atoms with Gasteiger partial charge in [0.25, 0.3) is 0 Å². The van der Waals surface area contributed by atoms with Gasteiger partial charge in [0.1, 0.15) is 5.54 Å². The van der Waals surface area contributed by atoms with Gasteiger partial charge in [-0.2, -0.15) is 0 Å². The van der Waals surface area contributed by atoms with Crippen LogP contribution in [-0.2, 0) is 9.53 Å². The lowest BCUT2D eigenvalue weighted by molar-refractivity contribution is -0.149. The monoisotopic (exact) mass is 254 g/mol. The van der Waals surface area contributed by atoms with E-state index in [1.54, 1.807) is 0 Å². The molecule has 0 saturated heterocycles. The summed E-state index contributed by atoms with van der Waals surface area (Å²) >= 11 is 0. The van der Waals surface area contributed by atoms with E-state index in [1.165, 1.54) is 26.4 Å². The van der Waals surface area contributed by atoms with Crippen LogP contribution in [0, 0.1) is 5.92 Å². The summed E-state index contributed by atoms with van der Waals surface area (Å²) in [5.41, 5.74) is 5.46. The van der Waals surface area contributed by atoms with Crippen LogP contribution in [0.4, 0.5) is 0 Å². The van der Waals surface area contributed by atoms with Crippen molar-refractivity contribution in [3.63, 3.8) is 0 Å². The van der Waals surface area contributed by atoms with Crippen molar-refractivity contribution in [3.05, 3.63) is 0 Å². The van der Waals surface area contributed by atoms with Crippen LogP contribution in [-0.4, -0.2) is 43.2 Å². The molecular weight excluding hydrogens is 228 g/mol. The predicted molar refractivity (Wildman–Crippen MR) is 71.2 cm³/mol. The maximum Gasteiger partial charge on any atom is 0.325 e. The zero-order valence-corrected chi connectivity index (χ0v) is 11.7. The SMILES string of the molecule is COC(=O)C1(N)CCCC(N(C)CC2CCC2)C1. The molecule has 2 aliphatic carbocycles. The number of carbonyl (C=O) groups excluding carboxylic acids is 1. The van der Waals surface area contributed by atoms with Crippen molar-refractivity contribution in [2.75, 3.05) is 20.7 Å². The van der Waals surface area contributed by atoms with E-state index < -0.39 is 5.54 Å². The maximum absolute atomic E-state index is 11.8. The van der Waals surface area contributed by atoms with Crippen molar-refractivity contribution in [1.29, 1.82) is 0 Å². The maximum atomic E-state index is 11.8. The Morgan fingerprint density at radius 2 is 2.11 bits per heavy atom. The van der Waals surface area contributed by atoms with Gasteiger partial charge in [-0.25, -0.2) is 0 Å². The lowest BCUT2D eigenvalue weighted by atomic mass is 9.78.